The van der Waals surface area contributed by atoms with Gasteiger partial charge in [-0.25, -0.2) is 0 Å². The van der Waals surface area contributed by atoms with Gasteiger partial charge < -0.3 is 0 Å². The molecule has 5 saturated heterocycles. The van der Waals surface area contributed by atoms with Gasteiger partial charge in [-0.15, -0.1) is 0 Å². The largest absolute Gasteiger partial charge is 0.298 e. The molecule has 5 atom stereocenters. The lowest BCUT2D eigenvalue weighted by Crippen LogP contribution is -2.60. The minimum Gasteiger partial charge on any atom is -0.298 e. The van der Waals surface area contributed by atoms with E-state index in [0.717, 1.165) is 35.8 Å². The number of hydrogen-bond acceptors (Lipinski definition) is 3. The zero-order valence-corrected chi connectivity index (χ0v) is 43.2. The second kappa shape index (κ2) is 23.6. The molecule has 3 aliphatic carbocycles. The maximum Gasteiger partial charge on any atom is 0.0128 e. The van der Waals surface area contributed by atoms with E-state index in [-0.39, 0.29) is 0 Å². The molecule has 5 heterocycles. The van der Waals surface area contributed by atoms with Crippen LogP contribution < -0.4 is 0 Å². The second-order valence-corrected chi connectivity index (χ2v) is 22.4. The molecule has 8 aliphatic rings. The van der Waals surface area contributed by atoms with E-state index < -0.39 is 0 Å². The fourth-order valence-electron chi connectivity index (χ4n) is 12.1. The standard InChI is InChI=1S/C19H29N.C18H27N.C16H23N.3C2H6/c1-19(2,3)20-14-16-9-10-18(20)13-17(12-16)11-15-7-5-4-6-8-15;1-17(2,3)19-14-18(11-9-16(19)10-12-18)13-15-7-5-4-6-8-15;1-16(2,3)17-10-14-8-12-6-4-5-7-13(12)9-15(14)11-17;3*1-2/h4-8,16-18H,9-14H2,1-3H3;4-8,16H,9-14H2,1-3H3;4-7,14-15H,8-11H2,1-3H3;3*1-2H3. The molecule has 0 spiro atoms. The van der Waals surface area contributed by atoms with E-state index in [1.165, 1.54) is 114 Å². The lowest BCUT2D eigenvalue weighted by atomic mass is 9.64. The average Bonchev–Trinajstić information content (AvgIpc) is 3.50. The molecule has 3 heteroatoms. The van der Waals surface area contributed by atoms with Crippen LogP contribution in [-0.2, 0) is 25.7 Å². The maximum absolute atomic E-state index is 2.80. The number of nitrogens with zero attached hydrogens (tertiary/aromatic N) is 3. The molecule has 11 rings (SSSR count). The van der Waals surface area contributed by atoms with Gasteiger partial charge in [-0.1, -0.05) is 126 Å². The highest BCUT2D eigenvalue weighted by Gasteiger charge is 2.47. The van der Waals surface area contributed by atoms with Crippen molar-refractivity contribution in [1.29, 1.82) is 0 Å². The van der Waals surface area contributed by atoms with Crippen molar-refractivity contribution in [1.82, 2.24) is 14.7 Å². The average molecular weight is 848 g/mol. The highest BCUT2D eigenvalue weighted by atomic mass is 15.2. The van der Waals surface area contributed by atoms with Gasteiger partial charge in [0.2, 0.25) is 0 Å². The summed E-state index contributed by atoms with van der Waals surface area (Å²) in [6.07, 6.45) is 16.6. The predicted molar refractivity (Wildman–Crippen MR) is 273 cm³/mol. The quantitative estimate of drug-likeness (QED) is 0.259. The monoisotopic (exact) mass is 848 g/mol. The van der Waals surface area contributed by atoms with Gasteiger partial charge in [-0.2, -0.15) is 0 Å². The summed E-state index contributed by atoms with van der Waals surface area (Å²) >= 11 is 0. The van der Waals surface area contributed by atoms with Gasteiger partial charge in [-0.05, 0) is 191 Å². The number of piperidine rings is 3. The lowest BCUT2D eigenvalue weighted by Gasteiger charge is -2.57. The molecule has 0 aromatic heterocycles. The van der Waals surface area contributed by atoms with Crippen molar-refractivity contribution in [2.75, 3.05) is 26.2 Å². The summed E-state index contributed by atoms with van der Waals surface area (Å²) in [5, 5.41) is 0. The Bertz CT molecular complexity index is 1630. The zero-order valence-electron chi connectivity index (χ0n) is 43.2. The Balaban J connectivity index is 0.000000193. The highest BCUT2D eigenvalue weighted by Crippen LogP contribution is 2.49. The van der Waals surface area contributed by atoms with Crippen molar-refractivity contribution in [2.45, 2.75) is 210 Å². The Labute approximate surface area is 385 Å². The minimum atomic E-state index is 0.327. The summed E-state index contributed by atoms with van der Waals surface area (Å²) in [5.74, 6) is 3.61. The van der Waals surface area contributed by atoms with Gasteiger partial charge in [0.15, 0.2) is 0 Å². The first kappa shape index (κ1) is 52.2. The van der Waals surface area contributed by atoms with Crippen LogP contribution in [0.5, 0.6) is 0 Å². The first-order chi connectivity index (χ1) is 29.5. The summed E-state index contributed by atoms with van der Waals surface area (Å²) in [4.78, 5) is 8.25. The fourth-order valence-corrected chi connectivity index (χ4v) is 12.1. The Morgan fingerprint density at radius 2 is 0.984 bits per heavy atom. The van der Waals surface area contributed by atoms with Crippen molar-refractivity contribution in [2.24, 2.45) is 29.1 Å². The minimum absolute atomic E-state index is 0.327. The number of likely N-dealkylation sites (tertiary alicyclic amines) is 1. The van der Waals surface area contributed by atoms with Crippen LogP contribution in [0.1, 0.15) is 177 Å². The number of hydrogen-bond donors (Lipinski definition) is 0. The summed E-state index contributed by atoms with van der Waals surface area (Å²) in [5.41, 5.74) is 7.80. The first-order valence-electron chi connectivity index (χ1n) is 26.0. The molecule has 4 bridgehead atoms. The molecular weight excluding hydrogens is 751 g/mol. The number of rotatable bonds is 4. The van der Waals surface area contributed by atoms with E-state index in [0.29, 0.717) is 22.0 Å². The first-order valence-corrected chi connectivity index (χ1v) is 26.0. The van der Waals surface area contributed by atoms with Crippen molar-refractivity contribution < 1.29 is 0 Å². The number of benzene rings is 3. The molecule has 62 heavy (non-hydrogen) atoms. The Morgan fingerprint density at radius 1 is 0.500 bits per heavy atom. The van der Waals surface area contributed by atoms with E-state index >= 15 is 0 Å². The van der Waals surface area contributed by atoms with Crippen LogP contribution in [0, 0.1) is 29.1 Å². The van der Waals surface area contributed by atoms with Gasteiger partial charge in [0.25, 0.3) is 0 Å². The third-order valence-electron chi connectivity index (χ3n) is 15.2. The summed E-state index contributed by atoms with van der Waals surface area (Å²) in [7, 11) is 0. The van der Waals surface area contributed by atoms with Crippen LogP contribution in [0.25, 0.3) is 0 Å². The zero-order chi connectivity index (χ0) is 45.7. The van der Waals surface area contributed by atoms with Crippen LogP contribution in [0.3, 0.4) is 0 Å². The van der Waals surface area contributed by atoms with E-state index in [1.807, 2.05) is 41.5 Å². The molecule has 5 unspecified atom stereocenters. The summed E-state index contributed by atoms with van der Waals surface area (Å²) in [6, 6.07) is 32.9. The van der Waals surface area contributed by atoms with Crippen LogP contribution in [0.2, 0.25) is 0 Å². The van der Waals surface area contributed by atoms with Crippen LogP contribution in [0.4, 0.5) is 0 Å². The molecular formula is C59H97N3. The Morgan fingerprint density at radius 3 is 1.47 bits per heavy atom. The fraction of sp³-hybridized carbons (Fsp3) is 0.695. The van der Waals surface area contributed by atoms with Crippen LogP contribution >= 0.6 is 0 Å². The molecule has 3 aromatic rings. The molecule has 2 saturated carbocycles. The van der Waals surface area contributed by atoms with Crippen LogP contribution in [0.15, 0.2) is 84.9 Å². The second-order valence-electron chi connectivity index (χ2n) is 22.4. The molecule has 3 aromatic carbocycles. The molecule has 0 radical (unpaired) electrons. The Hall–Kier alpha value is -2.46. The van der Waals surface area contributed by atoms with E-state index in [4.69, 9.17) is 0 Å². The van der Waals surface area contributed by atoms with E-state index in [1.54, 1.807) is 11.1 Å². The lowest BCUT2D eigenvalue weighted by molar-refractivity contribution is -0.0677. The smallest absolute Gasteiger partial charge is 0.0128 e. The van der Waals surface area contributed by atoms with Gasteiger partial charge in [-0.3, -0.25) is 14.7 Å². The third-order valence-corrected chi connectivity index (χ3v) is 15.2. The van der Waals surface area contributed by atoms with E-state index in [2.05, 4.69) is 162 Å². The normalized spacial score (nSPS) is 28.0. The topological polar surface area (TPSA) is 9.72 Å². The van der Waals surface area contributed by atoms with Gasteiger partial charge in [0.05, 0.1) is 0 Å². The van der Waals surface area contributed by atoms with Crippen molar-refractivity contribution in [3.05, 3.63) is 107 Å². The van der Waals surface area contributed by atoms with Crippen molar-refractivity contribution in [3.8, 4) is 0 Å². The SMILES string of the molecule is CC.CC.CC.CC(C)(C)N1CC2(Cc3ccccc3)CCC1CC2.CC(C)(C)N1CC2CCC1CC(Cc1ccccc1)C2.CC(C)(C)N1CC2Cc3ccccc3CC2C1. The predicted octanol–water partition coefficient (Wildman–Crippen LogP) is 15.0. The summed E-state index contributed by atoms with van der Waals surface area (Å²) < 4.78 is 0. The van der Waals surface area contributed by atoms with Crippen molar-refractivity contribution in [3.63, 3.8) is 0 Å². The van der Waals surface area contributed by atoms with Crippen molar-refractivity contribution >= 4 is 0 Å². The molecule has 0 N–H and O–H groups in total. The number of fused-ring (bicyclic) bond motifs is 9. The molecule has 3 nitrogen and oxygen atoms in total. The van der Waals surface area contributed by atoms with Crippen LogP contribution in [-0.4, -0.2) is 69.6 Å². The molecule has 5 aliphatic heterocycles. The van der Waals surface area contributed by atoms with E-state index in [9.17, 15) is 0 Å². The van der Waals surface area contributed by atoms with Gasteiger partial charge in [0, 0.05) is 54.9 Å². The Kier molecular flexibility index (Phi) is 19.9. The molecule has 348 valence electrons. The highest BCUT2D eigenvalue weighted by molar-refractivity contribution is 5.31. The molecule has 0 amide bonds. The summed E-state index contributed by atoms with van der Waals surface area (Å²) in [6.45, 7) is 38.6. The molecule has 7 fully saturated rings. The van der Waals surface area contributed by atoms with Gasteiger partial charge in [0.1, 0.15) is 0 Å². The third kappa shape index (κ3) is 14.3. The maximum atomic E-state index is 2.80. The van der Waals surface area contributed by atoms with Gasteiger partial charge >= 0.3 is 0 Å².